The van der Waals surface area contributed by atoms with Crippen molar-refractivity contribution in [2.24, 2.45) is 0 Å². The fourth-order valence-corrected chi connectivity index (χ4v) is 0.974. The molecule has 2 heteroatoms. The Balaban J connectivity index is 2.91. The second-order valence-corrected chi connectivity index (χ2v) is 2.05. The summed E-state index contributed by atoms with van der Waals surface area (Å²) in [7, 11) is 0. The maximum atomic E-state index is 10.7. The first-order chi connectivity index (χ1) is 4.25. The van der Waals surface area contributed by atoms with Crippen molar-refractivity contribution in [2.45, 2.75) is 19.8 Å². The van der Waals surface area contributed by atoms with Crippen LogP contribution in [0.15, 0.2) is 11.6 Å². The minimum absolute atomic E-state index is 0.00231. The largest absolute Gasteiger partial charge is 0.294 e. The summed E-state index contributed by atoms with van der Waals surface area (Å²) in [5.74, 6) is 0.00463. The fraction of sp³-hybridized carbons (Fsp3) is 0.429. The van der Waals surface area contributed by atoms with E-state index >= 15 is 0 Å². The molecule has 0 aliphatic heterocycles. The highest BCUT2D eigenvalue weighted by atomic mass is 16.2. The third-order valence-electron chi connectivity index (χ3n) is 1.47. The van der Waals surface area contributed by atoms with E-state index in [9.17, 15) is 9.59 Å². The minimum atomic E-state index is 0.00231. The van der Waals surface area contributed by atoms with Crippen molar-refractivity contribution in [3.63, 3.8) is 0 Å². The lowest BCUT2D eigenvalue weighted by atomic mass is 10.2. The van der Waals surface area contributed by atoms with Crippen LogP contribution in [0.1, 0.15) is 19.8 Å². The molecule has 1 aliphatic carbocycles. The van der Waals surface area contributed by atoms with Gasteiger partial charge in [-0.3, -0.25) is 9.59 Å². The van der Waals surface area contributed by atoms with Gasteiger partial charge in [0, 0.05) is 12.8 Å². The van der Waals surface area contributed by atoms with Crippen LogP contribution in [0.4, 0.5) is 0 Å². The summed E-state index contributed by atoms with van der Waals surface area (Å²) >= 11 is 0. The standard InChI is InChI=1S/C7H8O2/c1-2-5-6(8)3-4-7(5)9/h2H,3-4H2,1H3. The predicted octanol–water partition coefficient (Wildman–Crippen LogP) is 0.865. The SMILES string of the molecule is CC=C1C(=O)CCC1=O. The van der Waals surface area contributed by atoms with Crippen molar-refractivity contribution >= 4 is 11.6 Å². The average Bonchev–Trinajstić information content (AvgIpc) is 2.12. The molecule has 0 aromatic heterocycles. The Kier molecular flexibility index (Phi) is 1.47. The van der Waals surface area contributed by atoms with E-state index in [1.807, 2.05) is 0 Å². The first-order valence-corrected chi connectivity index (χ1v) is 2.98. The zero-order valence-electron chi connectivity index (χ0n) is 5.31. The number of allylic oxidation sites excluding steroid dienone is 2. The second kappa shape index (κ2) is 2.13. The Morgan fingerprint density at radius 2 is 1.67 bits per heavy atom. The Morgan fingerprint density at radius 3 is 1.89 bits per heavy atom. The molecule has 48 valence electrons. The molecule has 1 saturated carbocycles. The highest BCUT2D eigenvalue weighted by molar-refractivity contribution is 6.25. The van der Waals surface area contributed by atoms with Crippen LogP contribution in [0.2, 0.25) is 0 Å². The number of hydrogen-bond donors (Lipinski definition) is 0. The van der Waals surface area contributed by atoms with Crippen LogP contribution < -0.4 is 0 Å². The van der Waals surface area contributed by atoms with E-state index in [1.54, 1.807) is 13.0 Å². The topological polar surface area (TPSA) is 34.1 Å². The highest BCUT2D eigenvalue weighted by Gasteiger charge is 2.24. The molecule has 0 spiro atoms. The quantitative estimate of drug-likeness (QED) is 0.354. The average molecular weight is 124 g/mol. The Bertz CT molecular complexity index is 171. The third-order valence-corrected chi connectivity index (χ3v) is 1.47. The fourth-order valence-electron chi connectivity index (χ4n) is 0.974. The van der Waals surface area contributed by atoms with E-state index in [4.69, 9.17) is 0 Å². The Morgan fingerprint density at radius 1 is 1.22 bits per heavy atom. The first kappa shape index (κ1) is 6.20. The van der Waals surface area contributed by atoms with Crippen LogP contribution in [0, 0.1) is 0 Å². The third kappa shape index (κ3) is 0.922. The van der Waals surface area contributed by atoms with Gasteiger partial charge in [0.2, 0.25) is 0 Å². The monoisotopic (exact) mass is 124 g/mol. The molecule has 0 aromatic carbocycles. The van der Waals surface area contributed by atoms with Crippen LogP contribution in [-0.2, 0) is 9.59 Å². The molecule has 0 atom stereocenters. The number of carbonyl (C=O) groups is 2. The summed E-state index contributed by atoms with van der Waals surface area (Å²) in [4.78, 5) is 21.5. The van der Waals surface area contributed by atoms with Gasteiger partial charge in [0.15, 0.2) is 11.6 Å². The molecule has 0 heterocycles. The Labute approximate surface area is 53.6 Å². The molecule has 0 bridgehead atoms. The summed E-state index contributed by atoms with van der Waals surface area (Å²) in [5.41, 5.74) is 0.398. The van der Waals surface area contributed by atoms with Crippen LogP contribution in [0.3, 0.4) is 0 Å². The lowest BCUT2D eigenvalue weighted by molar-refractivity contribution is -0.116. The normalized spacial score (nSPS) is 19.0. The molecule has 0 radical (unpaired) electrons. The number of Topliss-reactive ketones (excluding diaryl/α,β-unsaturated/α-hetero) is 2. The maximum Gasteiger partial charge on any atom is 0.166 e. The van der Waals surface area contributed by atoms with Gasteiger partial charge in [-0.25, -0.2) is 0 Å². The smallest absolute Gasteiger partial charge is 0.166 e. The van der Waals surface area contributed by atoms with Gasteiger partial charge in [-0.15, -0.1) is 0 Å². The van der Waals surface area contributed by atoms with Gasteiger partial charge in [-0.1, -0.05) is 6.08 Å². The van der Waals surface area contributed by atoms with Crippen molar-refractivity contribution in [3.8, 4) is 0 Å². The number of hydrogen-bond acceptors (Lipinski definition) is 2. The predicted molar refractivity (Wildman–Crippen MR) is 33.0 cm³/mol. The zero-order valence-corrected chi connectivity index (χ0v) is 5.31. The summed E-state index contributed by atoms with van der Waals surface area (Å²) in [6.07, 6.45) is 2.43. The minimum Gasteiger partial charge on any atom is -0.294 e. The van der Waals surface area contributed by atoms with E-state index in [2.05, 4.69) is 0 Å². The molecular weight excluding hydrogens is 116 g/mol. The maximum absolute atomic E-state index is 10.7. The first-order valence-electron chi connectivity index (χ1n) is 2.98. The van der Waals surface area contributed by atoms with Crippen molar-refractivity contribution < 1.29 is 9.59 Å². The lowest BCUT2D eigenvalue weighted by Gasteiger charge is -1.84. The molecule has 0 amide bonds. The van der Waals surface area contributed by atoms with Crippen molar-refractivity contribution in [3.05, 3.63) is 11.6 Å². The number of rotatable bonds is 0. The van der Waals surface area contributed by atoms with Gasteiger partial charge in [-0.05, 0) is 6.92 Å². The van der Waals surface area contributed by atoms with Crippen LogP contribution >= 0.6 is 0 Å². The Hall–Kier alpha value is -0.920. The molecule has 2 nitrogen and oxygen atoms in total. The molecule has 0 unspecified atom stereocenters. The summed E-state index contributed by atoms with van der Waals surface area (Å²) in [6, 6.07) is 0. The van der Waals surface area contributed by atoms with Gasteiger partial charge in [-0.2, -0.15) is 0 Å². The van der Waals surface area contributed by atoms with E-state index < -0.39 is 0 Å². The molecule has 0 saturated heterocycles. The van der Waals surface area contributed by atoms with Gasteiger partial charge in [0.1, 0.15) is 0 Å². The van der Waals surface area contributed by atoms with Gasteiger partial charge in [0.25, 0.3) is 0 Å². The van der Waals surface area contributed by atoms with Crippen LogP contribution in [0.5, 0.6) is 0 Å². The van der Waals surface area contributed by atoms with Crippen LogP contribution in [0.25, 0.3) is 0 Å². The molecule has 0 aromatic rings. The van der Waals surface area contributed by atoms with Crippen molar-refractivity contribution in [1.29, 1.82) is 0 Å². The van der Waals surface area contributed by atoms with E-state index in [0.717, 1.165) is 0 Å². The molecule has 1 fully saturated rings. The van der Waals surface area contributed by atoms with E-state index in [0.29, 0.717) is 18.4 Å². The van der Waals surface area contributed by atoms with Gasteiger partial charge < -0.3 is 0 Å². The molecular formula is C7H8O2. The second-order valence-electron chi connectivity index (χ2n) is 2.05. The van der Waals surface area contributed by atoms with E-state index in [-0.39, 0.29) is 11.6 Å². The molecule has 1 rings (SSSR count). The van der Waals surface area contributed by atoms with E-state index in [1.165, 1.54) is 0 Å². The van der Waals surface area contributed by atoms with Crippen LogP contribution in [-0.4, -0.2) is 11.6 Å². The molecule has 9 heavy (non-hydrogen) atoms. The zero-order chi connectivity index (χ0) is 6.85. The van der Waals surface area contributed by atoms with Crippen molar-refractivity contribution in [1.82, 2.24) is 0 Å². The number of carbonyl (C=O) groups excluding carboxylic acids is 2. The highest BCUT2D eigenvalue weighted by Crippen LogP contribution is 2.15. The lowest BCUT2D eigenvalue weighted by Crippen LogP contribution is -1.97. The van der Waals surface area contributed by atoms with Gasteiger partial charge in [0.05, 0.1) is 5.57 Å². The van der Waals surface area contributed by atoms with Gasteiger partial charge >= 0.3 is 0 Å². The van der Waals surface area contributed by atoms with Crippen molar-refractivity contribution in [2.75, 3.05) is 0 Å². The molecule has 1 aliphatic rings. The summed E-state index contributed by atoms with van der Waals surface area (Å²) in [6.45, 7) is 1.72. The summed E-state index contributed by atoms with van der Waals surface area (Å²) in [5, 5.41) is 0. The number of ketones is 2. The molecule has 0 N–H and O–H groups in total. The summed E-state index contributed by atoms with van der Waals surface area (Å²) < 4.78 is 0.